The minimum Gasteiger partial charge on any atom is -0.144 e. The third-order valence-electron chi connectivity index (χ3n) is 3.23. The zero-order chi connectivity index (χ0) is 10.3. The molecule has 1 aliphatic carbocycles. The van der Waals surface area contributed by atoms with E-state index in [0.29, 0.717) is 5.41 Å². The molecule has 0 N–H and O–H groups in total. The van der Waals surface area contributed by atoms with E-state index in [1.807, 2.05) is 11.3 Å². The number of alkyl halides is 1. The first kappa shape index (κ1) is 10.5. The highest BCUT2D eigenvalue weighted by Gasteiger charge is 2.45. The Morgan fingerprint density at radius 2 is 2.21 bits per heavy atom. The molecule has 1 atom stereocenters. The molecule has 1 heterocycles. The van der Waals surface area contributed by atoms with Crippen molar-refractivity contribution in [1.29, 1.82) is 0 Å². The van der Waals surface area contributed by atoms with E-state index in [0.717, 1.165) is 6.42 Å². The lowest BCUT2D eigenvalue weighted by molar-refractivity contribution is 0.552. The Kier molecular flexibility index (Phi) is 2.65. The molecule has 0 bridgehead atoms. The maximum Gasteiger partial charge on any atom is 0.0734 e. The van der Waals surface area contributed by atoms with Gasteiger partial charge in [-0.3, -0.25) is 0 Å². The highest BCUT2D eigenvalue weighted by molar-refractivity contribution is 7.12. The molecule has 1 saturated carbocycles. The quantitative estimate of drug-likeness (QED) is 0.658. The molecule has 0 saturated heterocycles. The van der Waals surface area contributed by atoms with Crippen molar-refractivity contribution in [2.45, 2.75) is 45.4 Å². The lowest BCUT2D eigenvalue weighted by atomic mass is 10.0. The topological polar surface area (TPSA) is 0 Å². The van der Waals surface area contributed by atoms with Crippen molar-refractivity contribution in [3.8, 4) is 0 Å². The Morgan fingerprint density at radius 3 is 2.71 bits per heavy atom. The molecular formula is C12H17ClS. The van der Waals surface area contributed by atoms with Crippen molar-refractivity contribution in [2.24, 2.45) is 5.41 Å². The molecule has 0 spiro atoms. The second-order valence-electron chi connectivity index (χ2n) is 4.62. The molecule has 0 nitrogen and oxygen atoms in total. The van der Waals surface area contributed by atoms with Crippen molar-refractivity contribution in [1.82, 2.24) is 0 Å². The second-order valence-corrected chi connectivity index (χ2v) is 6.34. The van der Waals surface area contributed by atoms with Crippen molar-refractivity contribution in [2.75, 3.05) is 0 Å². The van der Waals surface area contributed by atoms with E-state index in [-0.39, 0.29) is 5.38 Å². The van der Waals surface area contributed by atoms with Gasteiger partial charge in [0, 0.05) is 9.75 Å². The van der Waals surface area contributed by atoms with Crippen molar-refractivity contribution >= 4 is 22.9 Å². The molecule has 1 aromatic heterocycles. The Bertz CT molecular complexity index is 336. The molecule has 1 aromatic rings. The summed E-state index contributed by atoms with van der Waals surface area (Å²) in [5.41, 5.74) is 1.85. The zero-order valence-electron chi connectivity index (χ0n) is 9.06. The first-order valence-electron chi connectivity index (χ1n) is 5.30. The van der Waals surface area contributed by atoms with Crippen LogP contribution in [0.1, 0.15) is 47.4 Å². The Morgan fingerprint density at radius 1 is 1.57 bits per heavy atom. The molecule has 78 valence electrons. The first-order chi connectivity index (χ1) is 6.57. The highest BCUT2D eigenvalue weighted by Crippen LogP contribution is 2.59. The summed E-state index contributed by atoms with van der Waals surface area (Å²) in [5, 5.41) is 0.246. The summed E-state index contributed by atoms with van der Waals surface area (Å²) in [6.45, 7) is 6.69. The normalized spacial score (nSPS) is 20.9. The fourth-order valence-electron chi connectivity index (χ4n) is 1.84. The lowest BCUT2D eigenvalue weighted by Crippen LogP contribution is -2.03. The molecule has 0 amide bonds. The molecule has 0 aliphatic heterocycles. The first-order valence-corrected chi connectivity index (χ1v) is 6.55. The third-order valence-corrected chi connectivity index (χ3v) is 5.26. The van der Waals surface area contributed by atoms with E-state index in [2.05, 4.69) is 26.8 Å². The number of hydrogen-bond donors (Lipinski definition) is 0. The van der Waals surface area contributed by atoms with Crippen LogP contribution in [0.25, 0.3) is 0 Å². The van der Waals surface area contributed by atoms with Crippen molar-refractivity contribution in [3.63, 3.8) is 0 Å². The molecule has 0 aromatic carbocycles. The van der Waals surface area contributed by atoms with Crippen LogP contribution in [0, 0.1) is 12.3 Å². The molecule has 2 rings (SSSR count). The van der Waals surface area contributed by atoms with E-state index in [9.17, 15) is 0 Å². The molecule has 14 heavy (non-hydrogen) atoms. The average Bonchev–Trinajstić information content (AvgIpc) is 2.78. The monoisotopic (exact) mass is 228 g/mol. The number of halogens is 1. The minimum atomic E-state index is 0.246. The SMILES string of the molecule is CCc1cc(C)sc1C(Cl)C1(C)CC1. The Labute approximate surface area is 95.3 Å². The fourth-order valence-corrected chi connectivity index (χ4v) is 3.61. The van der Waals surface area contributed by atoms with Gasteiger partial charge in [-0.25, -0.2) is 0 Å². The number of thiophene rings is 1. The van der Waals surface area contributed by atoms with Gasteiger partial charge in [0.05, 0.1) is 5.38 Å². The molecule has 1 aliphatic rings. The van der Waals surface area contributed by atoms with Gasteiger partial charge in [0.25, 0.3) is 0 Å². The summed E-state index contributed by atoms with van der Waals surface area (Å²) in [6, 6.07) is 2.29. The summed E-state index contributed by atoms with van der Waals surface area (Å²) >= 11 is 8.43. The summed E-state index contributed by atoms with van der Waals surface area (Å²) < 4.78 is 0. The average molecular weight is 229 g/mol. The molecular weight excluding hydrogens is 212 g/mol. The molecule has 0 radical (unpaired) electrons. The fraction of sp³-hybridized carbons (Fsp3) is 0.667. The van der Waals surface area contributed by atoms with Crippen LogP contribution in [-0.2, 0) is 6.42 Å². The Hall–Kier alpha value is -0.0100. The van der Waals surface area contributed by atoms with Gasteiger partial charge in [-0.15, -0.1) is 22.9 Å². The number of hydrogen-bond acceptors (Lipinski definition) is 1. The highest BCUT2D eigenvalue weighted by atomic mass is 35.5. The van der Waals surface area contributed by atoms with E-state index in [1.54, 1.807) is 0 Å². The van der Waals surface area contributed by atoms with Gasteiger partial charge in [-0.05, 0) is 43.2 Å². The predicted molar refractivity (Wildman–Crippen MR) is 64.4 cm³/mol. The largest absolute Gasteiger partial charge is 0.144 e. The third kappa shape index (κ3) is 1.72. The zero-order valence-corrected chi connectivity index (χ0v) is 10.6. The maximum atomic E-state index is 6.55. The van der Waals surface area contributed by atoms with Crippen LogP contribution in [0.2, 0.25) is 0 Å². The number of aryl methyl sites for hydroxylation is 2. The maximum absolute atomic E-state index is 6.55. The Balaban J connectivity index is 2.30. The van der Waals surface area contributed by atoms with E-state index < -0.39 is 0 Å². The van der Waals surface area contributed by atoms with Crippen LogP contribution < -0.4 is 0 Å². The van der Waals surface area contributed by atoms with Gasteiger partial charge in [0.15, 0.2) is 0 Å². The van der Waals surface area contributed by atoms with Crippen LogP contribution >= 0.6 is 22.9 Å². The van der Waals surface area contributed by atoms with Gasteiger partial charge < -0.3 is 0 Å². The van der Waals surface area contributed by atoms with Gasteiger partial charge in [0.2, 0.25) is 0 Å². The summed E-state index contributed by atoms with van der Waals surface area (Å²) in [7, 11) is 0. The van der Waals surface area contributed by atoms with Crippen LogP contribution in [0.4, 0.5) is 0 Å². The van der Waals surface area contributed by atoms with E-state index in [1.165, 1.54) is 28.2 Å². The molecule has 1 unspecified atom stereocenters. The van der Waals surface area contributed by atoms with Gasteiger partial charge in [0.1, 0.15) is 0 Å². The lowest BCUT2D eigenvalue weighted by Gasteiger charge is -2.16. The van der Waals surface area contributed by atoms with Crippen LogP contribution in [0.15, 0.2) is 6.07 Å². The summed E-state index contributed by atoms with van der Waals surface area (Å²) in [4.78, 5) is 2.82. The summed E-state index contributed by atoms with van der Waals surface area (Å²) in [5.74, 6) is 0. The van der Waals surface area contributed by atoms with E-state index in [4.69, 9.17) is 11.6 Å². The van der Waals surface area contributed by atoms with Gasteiger partial charge >= 0.3 is 0 Å². The van der Waals surface area contributed by atoms with Crippen LogP contribution in [-0.4, -0.2) is 0 Å². The van der Waals surface area contributed by atoms with Crippen LogP contribution in [0.5, 0.6) is 0 Å². The standard InChI is InChI=1S/C12H17ClS/c1-4-9-7-8(2)14-10(9)11(13)12(3)5-6-12/h7,11H,4-6H2,1-3H3. The minimum absolute atomic E-state index is 0.246. The molecule has 2 heteroatoms. The molecule has 1 fully saturated rings. The van der Waals surface area contributed by atoms with Crippen molar-refractivity contribution in [3.05, 3.63) is 21.4 Å². The smallest absolute Gasteiger partial charge is 0.0734 e. The van der Waals surface area contributed by atoms with E-state index >= 15 is 0 Å². The summed E-state index contributed by atoms with van der Waals surface area (Å²) in [6.07, 6.45) is 3.70. The van der Waals surface area contributed by atoms with Crippen LogP contribution in [0.3, 0.4) is 0 Å². The van der Waals surface area contributed by atoms with Crippen molar-refractivity contribution < 1.29 is 0 Å². The second kappa shape index (κ2) is 3.53. The predicted octanol–water partition coefficient (Wildman–Crippen LogP) is 4.70. The number of rotatable bonds is 3. The van der Waals surface area contributed by atoms with Gasteiger partial charge in [-0.2, -0.15) is 0 Å². The van der Waals surface area contributed by atoms with Gasteiger partial charge in [-0.1, -0.05) is 13.8 Å².